The normalized spacial score (nSPS) is 38.1. The average molecular weight is 620 g/mol. The molecule has 0 saturated carbocycles. The Labute approximate surface area is 210 Å². The van der Waals surface area contributed by atoms with E-state index in [2.05, 4.69) is 18.1 Å². The number of carbonyl (C=O) groups excluding carboxylic acids is 1. The second-order valence-corrected chi connectivity index (χ2v) is 13.2. The summed E-state index contributed by atoms with van der Waals surface area (Å²) in [6, 6.07) is -1.19. The number of aliphatic imine (C=N–C) groups is 1. The Morgan fingerprint density at radius 1 is 1.14 bits per heavy atom. The fraction of sp³-hybridized carbons (Fsp3) is 0.692. The van der Waals surface area contributed by atoms with E-state index in [9.17, 15) is 48.0 Å². The first-order valence-corrected chi connectivity index (χ1v) is 15.3. The maximum atomic E-state index is 14.5. The van der Waals surface area contributed by atoms with E-state index in [4.69, 9.17) is 25.0 Å². The molecule has 3 aliphatic rings. The first kappa shape index (κ1) is 30.9. The number of rotatable bonds is 10. The van der Waals surface area contributed by atoms with E-state index < -0.39 is 95.1 Å². The monoisotopic (exact) mass is 620 g/mol. The molecule has 24 heteroatoms. The van der Waals surface area contributed by atoms with E-state index in [1.807, 2.05) is 0 Å². The highest BCUT2D eigenvalue weighted by molar-refractivity contribution is 8.00. The van der Waals surface area contributed by atoms with Crippen molar-refractivity contribution in [3.8, 4) is 0 Å². The molecule has 2 saturated heterocycles. The predicted molar refractivity (Wildman–Crippen MR) is 115 cm³/mol. The molecule has 2 amide bonds. The molecule has 0 aromatic rings. The summed E-state index contributed by atoms with van der Waals surface area (Å²) in [4.78, 5) is 52.3. The molecule has 0 aromatic heterocycles. The summed E-state index contributed by atoms with van der Waals surface area (Å²) in [6.45, 7) is -1.67. The molecule has 0 aliphatic carbocycles. The van der Waals surface area contributed by atoms with Gasteiger partial charge in [0.2, 0.25) is 18.3 Å². The number of amides is 2. The van der Waals surface area contributed by atoms with Crippen LogP contribution < -0.4 is 5.73 Å². The summed E-state index contributed by atoms with van der Waals surface area (Å²) >= 11 is 1.03. The second kappa shape index (κ2) is 11.1. The number of nitrogens with two attached hydrogens (primary N) is 1. The zero-order valence-electron chi connectivity index (χ0n) is 18.1. The van der Waals surface area contributed by atoms with Crippen LogP contribution in [0.2, 0.25) is 0 Å². The fourth-order valence-corrected chi connectivity index (χ4v) is 7.61. The van der Waals surface area contributed by atoms with Crippen molar-refractivity contribution in [2.24, 2.45) is 10.7 Å². The van der Waals surface area contributed by atoms with Gasteiger partial charge in [-0.1, -0.05) is 0 Å². The van der Waals surface area contributed by atoms with E-state index in [0.29, 0.717) is 6.20 Å². The summed E-state index contributed by atoms with van der Waals surface area (Å²) in [5.41, 5.74) is 4.51. The van der Waals surface area contributed by atoms with Crippen LogP contribution in [0, 0.1) is 0 Å². The van der Waals surface area contributed by atoms with Crippen LogP contribution in [0.4, 0.5) is 9.18 Å². The lowest BCUT2D eigenvalue weighted by Gasteiger charge is -2.40. The third-order valence-corrected chi connectivity index (χ3v) is 9.97. The Balaban J connectivity index is 1.81. The zero-order chi connectivity index (χ0) is 28.0. The van der Waals surface area contributed by atoms with Crippen molar-refractivity contribution in [2.45, 2.75) is 36.2 Å². The van der Waals surface area contributed by atoms with Gasteiger partial charge in [-0.05, 0) is 0 Å². The van der Waals surface area contributed by atoms with Crippen LogP contribution in [0.5, 0.6) is 0 Å². The highest BCUT2D eigenvalue weighted by Crippen LogP contribution is 2.66. The van der Waals surface area contributed by atoms with Gasteiger partial charge < -0.3 is 50.1 Å². The summed E-state index contributed by atoms with van der Waals surface area (Å²) in [5, 5.41) is 30.4. The number of quaternary nitrogens is 1. The topological polar surface area (TPSA) is 294 Å². The summed E-state index contributed by atoms with van der Waals surface area (Å²) in [5.74, 6) is -2.05. The molecule has 3 rings (SSSR count). The number of hydrogen-bond donors (Lipinski definition) is 8. The van der Waals surface area contributed by atoms with Gasteiger partial charge in [0.25, 0.3) is 0 Å². The SMILES string of the molecule is NC1=NC(=O)[N+](C2CSC(CO)O2)([C@@H]2O[C@H](COP(=O)(O)OP(=O)(O)OP(=O)(O)O)[C@@H](O)[C@H]2O)C=C1F. The third-order valence-electron chi connectivity index (χ3n) is 5.05. The van der Waals surface area contributed by atoms with Crippen molar-refractivity contribution < 1.29 is 84.9 Å². The molecule has 5 unspecified atom stereocenters. The summed E-state index contributed by atoms with van der Waals surface area (Å²) in [7, 11) is -17.1. The number of phosphoric acid groups is 3. The molecular weight excluding hydrogens is 598 g/mol. The first-order chi connectivity index (χ1) is 16.9. The standard InChI is InChI=1S/C13H21FN3O16P3S/c14-5-1-17(13(21)16-11(5)15,7-4-37-8(2-18)31-7)12-10(20)9(19)6(30-12)3-29-35(25,26)33-36(27,28)32-34(22,23)24/h1,6-10,12,18-20H,2-4H2,(H5-,15,16,21,22,23,24,25,26,27,28)/p+1/t6-,7?,8?,9-,10-,12-,17?/m1/s1. The average Bonchev–Trinajstić information content (AvgIpc) is 3.33. The molecule has 0 radical (unpaired) electrons. The Morgan fingerprint density at radius 3 is 2.35 bits per heavy atom. The molecule has 3 aliphatic heterocycles. The number of nitrogens with zero attached hydrogens (tertiary/aromatic N) is 2. The van der Waals surface area contributed by atoms with Crippen LogP contribution in [0.25, 0.3) is 0 Å². The van der Waals surface area contributed by atoms with E-state index in [0.717, 1.165) is 11.8 Å². The minimum absolute atomic E-state index is 0.0505. The lowest BCUT2D eigenvalue weighted by atomic mass is 10.1. The largest absolute Gasteiger partial charge is 0.490 e. The molecule has 19 nitrogen and oxygen atoms in total. The van der Waals surface area contributed by atoms with E-state index in [1.165, 1.54) is 0 Å². The lowest BCUT2D eigenvalue weighted by molar-refractivity contribution is -0.898. The number of ether oxygens (including phenoxy) is 2. The van der Waals surface area contributed by atoms with Crippen molar-refractivity contribution >= 4 is 47.1 Å². The molecule has 0 spiro atoms. The van der Waals surface area contributed by atoms with Crippen LogP contribution in [-0.2, 0) is 36.3 Å². The van der Waals surface area contributed by atoms with Gasteiger partial charge in [-0.15, -0.1) is 16.8 Å². The zero-order valence-corrected chi connectivity index (χ0v) is 21.6. The van der Waals surface area contributed by atoms with Crippen LogP contribution in [0.15, 0.2) is 17.0 Å². The van der Waals surface area contributed by atoms with Crippen molar-refractivity contribution in [3.05, 3.63) is 12.0 Å². The maximum absolute atomic E-state index is 14.5. The van der Waals surface area contributed by atoms with Gasteiger partial charge in [0.1, 0.15) is 23.8 Å². The number of phosphoric ester groups is 1. The van der Waals surface area contributed by atoms with Crippen molar-refractivity contribution in [2.75, 3.05) is 19.0 Å². The van der Waals surface area contributed by atoms with Gasteiger partial charge in [-0.3, -0.25) is 4.52 Å². The smallest absolute Gasteiger partial charge is 0.393 e. The Hall–Kier alpha value is -0.670. The molecule has 37 heavy (non-hydrogen) atoms. The van der Waals surface area contributed by atoms with Crippen molar-refractivity contribution in [1.29, 1.82) is 0 Å². The lowest BCUT2D eigenvalue weighted by Crippen LogP contribution is -2.66. The summed E-state index contributed by atoms with van der Waals surface area (Å²) in [6.07, 6.45) is -8.33. The number of thioether (sulfide) groups is 1. The van der Waals surface area contributed by atoms with Crippen LogP contribution in [0.3, 0.4) is 0 Å². The molecule has 3 heterocycles. The highest BCUT2D eigenvalue weighted by atomic mass is 32.2. The van der Waals surface area contributed by atoms with Gasteiger partial charge in [0, 0.05) is 0 Å². The number of carbonyl (C=O) groups is 1. The van der Waals surface area contributed by atoms with Crippen molar-refractivity contribution in [1.82, 2.24) is 0 Å². The van der Waals surface area contributed by atoms with Crippen LogP contribution >= 0.6 is 35.2 Å². The van der Waals surface area contributed by atoms with Crippen LogP contribution in [0.1, 0.15) is 0 Å². The molecule has 2 fully saturated rings. The quantitative estimate of drug-likeness (QED) is 0.0997. The number of aliphatic hydroxyl groups excluding tert-OH is 3. The Morgan fingerprint density at radius 2 is 1.78 bits per heavy atom. The molecule has 0 bridgehead atoms. The van der Waals surface area contributed by atoms with Gasteiger partial charge in [-0.2, -0.15) is 17.5 Å². The van der Waals surface area contributed by atoms with Gasteiger partial charge >= 0.3 is 29.5 Å². The molecule has 0 aromatic carbocycles. The first-order valence-electron chi connectivity index (χ1n) is 9.74. The maximum Gasteiger partial charge on any atom is 0.490 e. The fourth-order valence-electron chi connectivity index (χ4n) is 3.56. The second-order valence-electron chi connectivity index (χ2n) is 7.56. The Bertz CT molecular complexity index is 1120. The third kappa shape index (κ3) is 6.92. The number of amidine groups is 1. The highest BCUT2D eigenvalue weighted by Gasteiger charge is 2.63. The number of aliphatic hydroxyl groups is 3. The minimum Gasteiger partial charge on any atom is -0.393 e. The van der Waals surface area contributed by atoms with E-state index >= 15 is 0 Å². The molecular formula is C13H22FN3O16P3S+. The van der Waals surface area contributed by atoms with Gasteiger partial charge in [-0.25, -0.2) is 18.5 Å². The van der Waals surface area contributed by atoms with E-state index in [1.54, 1.807) is 0 Å². The van der Waals surface area contributed by atoms with Gasteiger partial charge in [0.15, 0.2) is 11.9 Å². The molecule has 9 N–H and O–H groups in total. The van der Waals surface area contributed by atoms with Crippen LogP contribution in [-0.4, -0.2) is 106 Å². The Kier molecular flexibility index (Phi) is 9.23. The number of halogens is 1. The number of urea groups is 1. The van der Waals surface area contributed by atoms with Crippen molar-refractivity contribution in [3.63, 3.8) is 0 Å². The predicted octanol–water partition coefficient (Wildman–Crippen LogP) is -1.70. The summed E-state index contributed by atoms with van der Waals surface area (Å²) < 4.78 is 69.8. The molecule has 212 valence electrons. The number of hydrogen-bond acceptors (Lipinski definition) is 14. The minimum atomic E-state index is -5.83. The molecule has 9 atom stereocenters. The van der Waals surface area contributed by atoms with Gasteiger partial charge in [0.05, 0.1) is 19.0 Å². The van der Waals surface area contributed by atoms with E-state index in [-0.39, 0.29) is 5.75 Å².